The fourth-order valence-electron chi connectivity index (χ4n) is 3.25. The summed E-state index contributed by atoms with van der Waals surface area (Å²) in [6.07, 6.45) is 0. The van der Waals surface area contributed by atoms with Gasteiger partial charge in [0, 0.05) is 16.7 Å². The molecule has 0 aromatic heterocycles. The molecule has 2 unspecified atom stereocenters. The van der Waals surface area contributed by atoms with Crippen LogP contribution in [0.25, 0.3) is 0 Å². The molecule has 0 aliphatic carbocycles. The van der Waals surface area contributed by atoms with Crippen molar-refractivity contribution in [2.75, 3.05) is 26.9 Å². The molecule has 3 N–H and O–H groups in total. The number of hydrogen-bond acceptors (Lipinski definition) is 7. The van der Waals surface area contributed by atoms with Crippen LogP contribution in [-0.2, 0) is 23.8 Å². The second kappa shape index (κ2) is 10.2. The molecule has 156 valence electrons. The van der Waals surface area contributed by atoms with Gasteiger partial charge in [-0.2, -0.15) is 0 Å². The topological polar surface area (TPSA) is 124 Å². The molecule has 1 aromatic carbocycles. The first-order valence-corrected chi connectivity index (χ1v) is 9.37. The lowest BCUT2D eigenvalue weighted by Gasteiger charge is -2.32. The van der Waals surface area contributed by atoms with Crippen LogP contribution in [0.5, 0.6) is 0 Å². The second-order valence-corrected chi connectivity index (χ2v) is 6.76. The summed E-state index contributed by atoms with van der Waals surface area (Å²) in [7, 11) is 1.28. The van der Waals surface area contributed by atoms with Crippen molar-refractivity contribution in [3.8, 4) is 0 Å². The standard InChI is InChI=1S/C20H24ClN3O5/c1-4-29-20(26)18-14(9-28-10-15(22)23)24-11(2)16(19(25)27-3)17(18)12-7-5-6-8-13(12)21/h5-8,16-17H,4,9-10H2,1-3H3,(H3,22,23). The van der Waals surface area contributed by atoms with E-state index in [1.54, 1.807) is 38.1 Å². The fraction of sp³-hybridized carbons (Fsp3) is 0.400. The van der Waals surface area contributed by atoms with Crippen LogP contribution in [0, 0.1) is 11.3 Å². The van der Waals surface area contributed by atoms with Crippen LogP contribution in [0.15, 0.2) is 40.5 Å². The normalized spacial score (nSPS) is 18.8. The van der Waals surface area contributed by atoms with E-state index in [1.165, 1.54) is 7.11 Å². The van der Waals surface area contributed by atoms with Crippen LogP contribution < -0.4 is 5.73 Å². The molecule has 1 aliphatic heterocycles. The second-order valence-electron chi connectivity index (χ2n) is 6.35. The van der Waals surface area contributed by atoms with Crippen molar-refractivity contribution in [2.45, 2.75) is 19.8 Å². The number of nitrogens with two attached hydrogens (primary N) is 1. The fourth-order valence-corrected chi connectivity index (χ4v) is 3.50. The summed E-state index contributed by atoms with van der Waals surface area (Å²) < 4.78 is 15.6. The number of nitrogens with one attached hydrogen (secondary N) is 1. The number of ether oxygens (including phenoxy) is 3. The highest BCUT2D eigenvalue weighted by atomic mass is 35.5. The molecule has 0 bridgehead atoms. The lowest BCUT2D eigenvalue weighted by Crippen LogP contribution is -2.37. The molecule has 0 saturated heterocycles. The lowest BCUT2D eigenvalue weighted by molar-refractivity contribution is -0.144. The van der Waals surface area contributed by atoms with Gasteiger partial charge in [0.1, 0.15) is 18.4 Å². The molecule has 0 amide bonds. The van der Waals surface area contributed by atoms with Crippen molar-refractivity contribution in [1.29, 1.82) is 5.41 Å². The average molecular weight is 422 g/mol. The van der Waals surface area contributed by atoms with E-state index < -0.39 is 23.8 Å². The molecule has 1 aromatic rings. The summed E-state index contributed by atoms with van der Waals surface area (Å²) in [4.78, 5) is 29.9. The monoisotopic (exact) mass is 421 g/mol. The number of carbonyl (C=O) groups is 2. The van der Waals surface area contributed by atoms with Gasteiger partial charge in [-0.25, -0.2) is 4.79 Å². The van der Waals surface area contributed by atoms with Crippen molar-refractivity contribution < 1.29 is 23.8 Å². The predicted octanol–water partition coefficient (Wildman–Crippen LogP) is 2.46. The number of rotatable bonds is 8. The summed E-state index contributed by atoms with van der Waals surface area (Å²) in [6, 6.07) is 6.95. The van der Waals surface area contributed by atoms with Gasteiger partial charge in [0.25, 0.3) is 0 Å². The first-order valence-electron chi connectivity index (χ1n) is 9.00. The quantitative estimate of drug-likeness (QED) is 0.377. The van der Waals surface area contributed by atoms with Crippen LogP contribution in [0.2, 0.25) is 5.02 Å². The van der Waals surface area contributed by atoms with Crippen molar-refractivity contribution in [2.24, 2.45) is 16.6 Å². The Morgan fingerprint density at radius 2 is 2.00 bits per heavy atom. The third-order valence-electron chi connectivity index (χ3n) is 4.40. The number of nitrogens with zero attached hydrogens (tertiary/aromatic N) is 1. The molecule has 9 heteroatoms. The molecule has 8 nitrogen and oxygen atoms in total. The van der Waals surface area contributed by atoms with Gasteiger partial charge in [0.2, 0.25) is 0 Å². The Balaban J connectivity index is 2.66. The maximum atomic E-state index is 12.9. The van der Waals surface area contributed by atoms with E-state index in [0.717, 1.165) is 0 Å². The van der Waals surface area contributed by atoms with E-state index in [2.05, 4.69) is 4.99 Å². The van der Waals surface area contributed by atoms with Gasteiger partial charge in [-0.15, -0.1) is 0 Å². The van der Waals surface area contributed by atoms with E-state index in [1.807, 2.05) is 0 Å². The van der Waals surface area contributed by atoms with Crippen LogP contribution in [0.4, 0.5) is 0 Å². The minimum atomic E-state index is -0.851. The zero-order valence-electron chi connectivity index (χ0n) is 16.5. The predicted molar refractivity (Wildman–Crippen MR) is 109 cm³/mol. The van der Waals surface area contributed by atoms with Gasteiger partial charge in [-0.1, -0.05) is 29.8 Å². The zero-order valence-corrected chi connectivity index (χ0v) is 17.3. The highest BCUT2D eigenvalue weighted by Gasteiger charge is 2.43. The minimum Gasteiger partial charge on any atom is -0.468 e. The number of esters is 2. The molecular weight excluding hydrogens is 398 g/mol. The number of halogens is 1. The molecule has 2 rings (SSSR count). The Labute approximate surface area is 174 Å². The molecular formula is C20H24ClN3O5. The SMILES string of the molecule is CCOC(=O)C1=C(COCC(=N)N)N=C(C)C(C(=O)OC)C1c1ccccc1Cl. The van der Waals surface area contributed by atoms with Gasteiger partial charge in [-0.05, 0) is 25.5 Å². The number of aliphatic imine (C=N–C) groups is 1. The van der Waals surface area contributed by atoms with E-state index in [-0.39, 0.29) is 31.2 Å². The maximum Gasteiger partial charge on any atom is 0.336 e. The zero-order chi connectivity index (χ0) is 21.6. The largest absolute Gasteiger partial charge is 0.468 e. The maximum absolute atomic E-state index is 12.9. The van der Waals surface area contributed by atoms with Gasteiger partial charge >= 0.3 is 11.9 Å². The smallest absolute Gasteiger partial charge is 0.336 e. The van der Waals surface area contributed by atoms with Gasteiger partial charge in [0.15, 0.2) is 0 Å². The summed E-state index contributed by atoms with van der Waals surface area (Å²) in [5, 5.41) is 7.69. The first kappa shape index (κ1) is 22.6. The number of hydrogen-bond donors (Lipinski definition) is 2. The van der Waals surface area contributed by atoms with Crippen LogP contribution >= 0.6 is 11.6 Å². The summed E-state index contributed by atoms with van der Waals surface area (Å²) in [6.45, 7) is 3.30. The Bertz CT molecular complexity index is 865. The Kier molecular flexibility index (Phi) is 7.92. The molecule has 0 fully saturated rings. The van der Waals surface area contributed by atoms with Crippen LogP contribution in [0.3, 0.4) is 0 Å². The highest BCUT2D eigenvalue weighted by Crippen LogP contribution is 2.42. The third-order valence-corrected chi connectivity index (χ3v) is 4.75. The number of amidine groups is 1. The van der Waals surface area contributed by atoms with Crippen LogP contribution in [-0.4, -0.2) is 50.4 Å². The number of benzene rings is 1. The molecule has 2 atom stereocenters. The summed E-state index contributed by atoms with van der Waals surface area (Å²) >= 11 is 6.42. The molecule has 29 heavy (non-hydrogen) atoms. The number of carbonyl (C=O) groups excluding carboxylic acids is 2. The Hall–Kier alpha value is -2.71. The van der Waals surface area contributed by atoms with Gasteiger partial charge < -0.3 is 19.9 Å². The Morgan fingerprint density at radius 3 is 2.59 bits per heavy atom. The summed E-state index contributed by atoms with van der Waals surface area (Å²) in [5.41, 5.74) is 6.83. The third kappa shape index (κ3) is 5.21. The molecule has 0 radical (unpaired) electrons. The highest BCUT2D eigenvalue weighted by molar-refractivity contribution is 6.31. The lowest BCUT2D eigenvalue weighted by atomic mass is 9.75. The summed E-state index contributed by atoms with van der Waals surface area (Å²) in [5.74, 6) is -2.93. The molecule has 1 aliphatic rings. The minimum absolute atomic E-state index is 0.0834. The van der Waals surface area contributed by atoms with E-state index in [9.17, 15) is 9.59 Å². The van der Waals surface area contributed by atoms with E-state index in [4.69, 9.17) is 37.0 Å². The number of methoxy groups -OCH3 is 1. The van der Waals surface area contributed by atoms with E-state index >= 15 is 0 Å². The Morgan fingerprint density at radius 1 is 1.31 bits per heavy atom. The van der Waals surface area contributed by atoms with Gasteiger partial charge in [0.05, 0.1) is 31.6 Å². The molecule has 0 spiro atoms. The van der Waals surface area contributed by atoms with Crippen LogP contribution in [0.1, 0.15) is 25.3 Å². The van der Waals surface area contributed by atoms with Crippen molar-refractivity contribution >= 4 is 35.1 Å². The molecule has 0 saturated carbocycles. The average Bonchev–Trinajstić information content (AvgIpc) is 2.67. The first-order chi connectivity index (χ1) is 13.8. The van der Waals surface area contributed by atoms with Crippen molar-refractivity contribution in [1.82, 2.24) is 0 Å². The molecule has 1 heterocycles. The van der Waals surface area contributed by atoms with Gasteiger partial charge in [-0.3, -0.25) is 15.2 Å². The van der Waals surface area contributed by atoms with Crippen molar-refractivity contribution in [3.63, 3.8) is 0 Å². The van der Waals surface area contributed by atoms with Crippen molar-refractivity contribution in [3.05, 3.63) is 46.1 Å². The van der Waals surface area contributed by atoms with E-state index in [0.29, 0.717) is 22.0 Å².